The van der Waals surface area contributed by atoms with Crippen LogP contribution in [-0.2, 0) is 0 Å². The highest BCUT2D eigenvalue weighted by Crippen LogP contribution is 2.28. The predicted octanol–water partition coefficient (Wildman–Crippen LogP) is 5.13. The van der Waals surface area contributed by atoms with Gasteiger partial charge in [0.1, 0.15) is 0 Å². The summed E-state index contributed by atoms with van der Waals surface area (Å²) in [4.78, 5) is 17.1. The van der Waals surface area contributed by atoms with Gasteiger partial charge in [0.05, 0.1) is 11.4 Å². The Labute approximate surface area is 160 Å². The van der Waals surface area contributed by atoms with E-state index in [1.165, 1.54) is 0 Å². The second-order valence-electron chi connectivity index (χ2n) is 6.73. The van der Waals surface area contributed by atoms with E-state index in [1.54, 1.807) is 4.90 Å². The molecule has 0 radical (unpaired) electrons. The molecule has 0 spiro atoms. The second kappa shape index (κ2) is 7.96. The van der Waals surface area contributed by atoms with Gasteiger partial charge in [-0.25, -0.2) is 4.79 Å². The Kier molecular flexibility index (Phi) is 5.06. The van der Waals surface area contributed by atoms with Crippen LogP contribution in [0, 0.1) is 0 Å². The van der Waals surface area contributed by atoms with E-state index in [2.05, 4.69) is 17.4 Å². The third-order valence-electron chi connectivity index (χ3n) is 4.82. The van der Waals surface area contributed by atoms with E-state index >= 15 is 0 Å². The molecule has 1 heterocycles. The van der Waals surface area contributed by atoms with Crippen LogP contribution in [0.3, 0.4) is 0 Å². The molecule has 2 amide bonds. The highest BCUT2D eigenvalue weighted by Gasteiger charge is 2.30. The minimum atomic E-state index is 0.0183. The van der Waals surface area contributed by atoms with Crippen LogP contribution in [-0.4, -0.2) is 30.1 Å². The van der Waals surface area contributed by atoms with E-state index in [-0.39, 0.29) is 12.1 Å². The first kappa shape index (κ1) is 17.2. The molecule has 0 aliphatic carbocycles. The number of hydrogen-bond acceptors (Lipinski definition) is 2. The van der Waals surface area contributed by atoms with Crippen molar-refractivity contribution in [1.82, 2.24) is 4.90 Å². The molecular weight excluding hydrogens is 334 g/mol. The Morgan fingerprint density at radius 3 is 1.89 bits per heavy atom. The van der Waals surface area contributed by atoms with Crippen LogP contribution >= 0.6 is 0 Å². The van der Waals surface area contributed by atoms with Crippen molar-refractivity contribution in [2.45, 2.75) is 12.5 Å². The number of rotatable bonds is 4. The third-order valence-corrected chi connectivity index (χ3v) is 4.82. The maximum absolute atomic E-state index is 13.4. The van der Waals surface area contributed by atoms with Gasteiger partial charge in [0, 0.05) is 24.8 Å². The SMILES string of the molecule is O=C(N1CCC(Nc2ccccc2)C1)N(c1ccccc1)c1ccccc1. The maximum atomic E-state index is 13.4. The van der Waals surface area contributed by atoms with Gasteiger partial charge in [-0.2, -0.15) is 0 Å². The molecule has 0 saturated carbocycles. The molecule has 136 valence electrons. The molecule has 4 heteroatoms. The van der Waals surface area contributed by atoms with E-state index in [0.29, 0.717) is 6.54 Å². The number of urea groups is 1. The first-order valence-electron chi connectivity index (χ1n) is 9.32. The zero-order valence-electron chi connectivity index (χ0n) is 15.2. The van der Waals surface area contributed by atoms with Crippen molar-refractivity contribution in [3.05, 3.63) is 91.0 Å². The Bertz CT molecular complexity index is 828. The fraction of sp³-hybridized carbons (Fsp3) is 0.174. The van der Waals surface area contributed by atoms with E-state index in [9.17, 15) is 4.79 Å². The highest BCUT2D eigenvalue weighted by molar-refractivity contribution is 5.99. The molecule has 1 aliphatic heterocycles. The Balaban J connectivity index is 1.52. The van der Waals surface area contributed by atoms with Gasteiger partial charge in [0.15, 0.2) is 0 Å². The Morgan fingerprint density at radius 1 is 0.815 bits per heavy atom. The lowest BCUT2D eigenvalue weighted by molar-refractivity contribution is 0.218. The largest absolute Gasteiger partial charge is 0.380 e. The van der Waals surface area contributed by atoms with Crippen molar-refractivity contribution in [3.63, 3.8) is 0 Å². The molecule has 4 rings (SSSR count). The number of hydrogen-bond donors (Lipinski definition) is 1. The smallest absolute Gasteiger partial charge is 0.329 e. The van der Waals surface area contributed by atoms with Crippen LogP contribution in [0.1, 0.15) is 6.42 Å². The first-order valence-corrected chi connectivity index (χ1v) is 9.32. The Morgan fingerprint density at radius 2 is 1.33 bits per heavy atom. The van der Waals surface area contributed by atoms with Crippen LogP contribution < -0.4 is 10.2 Å². The lowest BCUT2D eigenvalue weighted by atomic mass is 10.2. The number of likely N-dealkylation sites (tertiary alicyclic amines) is 1. The molecule has 1 N–H and O–H groups in total. The number of carbonyl (C=O) groups excluding carboxylic acids is 1. The number of amides is 2. The van der Waals surface area contributed by atoms with E-state index in [0.717, 1.165) is 30.0 Å². The first-order chi connectivity index (χ1) is 13.3. The van der Waals surface area contributed by atoms with Crippen LogP contribution in [0.2, 0.25) is 0 Å². The fourth-order valence-electron chi connectivity index (χ4n) is 3.49. The zero-order chi connectivity index (χ0) is 18.5. The average molecular weight is 357 g/mol. The summed E-state index contributed by atoms with van der Waals surface area (Å²) in [6.07, 6.45) is 0.943. The Hall–Kier alpha value is -3.27. The number of nitrogens with zero attached hydrogens (tertiary/aromatic N) is 2. The quantitative estimate of drug-likeness (QED) is 0.702. The summed E-state index contributed by atoms with van der Waals surface area (Å²) in [6, 6.07) is 30.1. The van der Waals surface area contributed by atoms with E-state index in [1.807, 2.05) is 83.8 Å². The summed E-state index contributed by atoms with van der Waals surface area (Å²) in [7, 11) is 0. The zero-order valence-corrected chi connectivity index (χ0v) is 15.2. The molecule has 4 nitrogen and oxygen atoms in total. The fourth-order valence-corrected chi connectivity index (χ4v) is 3.49. The highest BCUT2D eigenvalue weighted by atomic mass is 16.2. The number of carbonyl (C=O) groups is 1. The van der Waals surface area contributed by atoms with Gasteiger partial charge in [0.2, 0.25) is 0 Å². The molecule has 0 aromatic heterocycles. The predicted molar refractivity (Wildman–Crippen MR) is 110 cm³/mol. The second-order valence-corrected chi connectivity index (χ2v) is 6.73. The number of anilines is 3. The van der Waals surface area contributed by atoms with Crippen LogP contribution in [0.25, 0.3) is 0 Å². The minimum absolute atomic E-state index is 0.0183. The van der Waals surface area contributed by atoms with Gasteiger partial charge in [-0.15, -0.1) is 0 Å². The molecule has 1 saturated heterocycles. The van der Waals surface area contributed by atoms with Crippen molar-refractivity contribution in [2.75, 3.05) is 23.3 Å². The number of nitrogens with one attached hydrogen (secondary N) is 1. The summed E-state index contributed by atoms with van der Waals surface area (Å²) >= 11 is 0. The third kappa shape index (κ3) is 3.95. The van der Waals surface area contributed by atoms with E-state index < -0.39 is 0 Å². The van der Waals surface area contributed by atoms with Gasteiger partial charge in [-0.1, -0.05) is 54.6 Å². The van der Waals surface area contributed by atoms with Crippen LogP contribution in [0.4, 0.5) is 21.9 Å². The standard InChI is InChI=1S/C23H23N3O/c27-23(25-17-16-20(18-25)24-19-10-4-1-5-11-19)26(21-12-6-2-7-13-21)22-14-8-3-9-15-22/h1-15,20,24H,16-18H2. The average Bonchev–Trinajstić information content (AvgIpc) is 3.19. The van der Waals surface area contributed by atoms with Crippen molar-refractivity contribution in [1.29, 1.82) is 0 Å². The van der Waals surface area contributed by atoms with Gasteiger partial charge < -0.3 is 10.2 Å². The molecule has 1 aliphatic rings. The van der Waals surface area contributed by atoms with Crippen LogP contribution in [0.15, 0.2) is 91.0 Å². The molecule has 3 aromatic carbocycles. The summed E-state index contributed by atoms with van der Waals surface area (Å²) in [5.74, 6) is 0. The molecule has 1 unspecified atom stereocenters. The summed E-state index contributed by atoms with van der Waals surface area (Å²) in [6.45, 7) is 1.45. The monoisotopic (exact) mass is 357 g/mol. The number of para-hydroxylation sites is 3. The summed E-state index contributed by atoms with van der Waals surface area (Å²) in [5, 5.41) is 3.53. The molecule has 0 bridgehead atoms. The normalized spacial score (nSPS) is 16.1. The molecule has 1 fully saturated rings. The lowest BCUT2D eigenvalue weighted by Crippen LogP contribution is -2.40. The van der Waals surface area contributed by atoms with Crippen molar-refractivity contribution in [2.24, 2.45) is 0 Å². The molecule has 3 aromatic rings. The van der Waals surface area contributed by atoms with Gasteiger partial charge >= 0.3 is 6.03 Å². The van der Waals surface area contributed by atoms with Crippen LogP contribution in [0.5, 0.6) is 0 Å². The topological polar surface area (TPSA) is 35.6 Å². The maximum Gasteiger partial charge on any atom is 0.329 e. The van der Waals surface area contributed by atoms with Gasteiger partial charge in [0.25, 0.3) is 0 Å². The van der Waals surface area contributed by atoms with Gasteiger partial charge in [-0.05, 0) is 42.8 Å². The van der Waals surface area contributed by atoms with Crippen molar-refractivity contribution >= 4 is 23.1 Å². The summed E-state index contributed by atoms with van der Waals surface area (Å²) in [5.41, 5.74) is 2.86. The van der Waals surface area contributed by atoms with E-state index in [4.69, 9.17) is 0 Å². The van der Waals surface area contributed by atoms with Gasteiger partial charge in [-0.3, -0.25) is 4.90 Å². The molecule has 1 atom stereocenters. The number of benzene rings is 3. The molecular formula is C23H23N3O. The van der Waals surface area contributed by atoms with Crippen molar-refractivity contribution < 1.29 is 4.79 Å². The minimum Gasteiger partial charge on any atom is -0.380 e. The van der Waals surface area contributed by atoms with Crippen molar-refractivity contribution in [3.8, 4) is 0 Å². The summed E-state index contributed by atoms with van der Waals surface area (Å²) < 4.78 is 0. The molecule has 27 heavy (non-hydrogen) atoms. The lowest BCUT2D eigenvalue weighted by Gasteiger charge is -2.28.